The maximum absolute atomic E-state index is 13.1. The van der Waals surface area contributed by atoms with Gasteiger partial charge in [0.05, 0.1) is 25.9 Å². The van der Waals surface area contributed by atoms with E-state index in [0.29, 0.717) is 38.6 Å². The number of amides is 2. The fraction of sp³-hybridized carbons (Fsp3) is 0.625. The lowest BCUT2D eigenvalue weighted by Gasteiger charge is -2.32. The molecule has 2 unspecified atom stereocenters. The Labute approximate surface area is 189 Å². The van der Waals surface area contributed by atoms with Gasteiger partial charge in [-0.3, -0.25) is 4.79 Å². The van der Waals surface area contributed by atoms with Crippen molar-refractivity contribution in [3.63, 3.8) is 0 Å². The number of nitrogens with zero attached hydrogens (tertiary/aromatic N) is 2. The van der Waals surface area contributed by atoms with E-state index in [1.165, 1.54) is 6.42 Å². The Morgan fingerprint density at radius 1 is 1.16 bits per heavy atom. The van der Waals surface area contributed by atoms with Gasteiger partial charge in [-0.2, -0.15) is 5.26 Å². The molecule has 8 nitrogen and oxygen atoms in total. The molecule has 174 valence electrons. The second-order valence-electron chi connectivity index (χ2n) is 8.39. The predicted octanol–water partition coefficient (Wildman–Crippen LogP) is 3.02. The summed E-state index contributed by atoms with van der Waals surface area (Å²) in [6.45, 7) is 2.13. The van der Waals surface area contributed by atoms with Gasteiger partial charge in [0.1, 0.15) is 12.6 Å². The Bertz CT molecular complexity index is 755. The van der Waals surface area contributed by atoms with Crippen LogP contribution in [0.5, 0.6) is 0 Å². The number of carbonyl (C=O) groups excluding carboxylic acids is 2. The number of rotatable bonds is 9. The third kappa shape index (κ3) is 7.81. The summed E-state index contributed by atoms with van der Waals surface area (Å²) in [5.41, 5.74) is 0.931. The van der Waals surface area contributed by atoms with E-state index in [2.05, 4.69) is 5.32 Å². The number of hydrogen-bond donors (Lipinski definition) is 1. The van der Waals surface area contributed by atoms with Crippen LogP contribution in [0, 0.1) is 17.2 Å². The summed E-state index contributed by atoms with van der Waals surface area (Å²) in [6, 6.07) is 10.9. The largest absolute Gasteiger partial charge is 0.446 e. The topological polar surface area (TPSA) is 101 Å². The molecule has 2 amide bonds. The summed E-state index contributed by atoms with van der Waals surface area (Å²) in [5.74, 6) is 0.327. The first-order valence-electron chi connectivity index (χ1n) is 11.5. The summed E-state index contributed by atoms with van der Waals surface area (Å²) in [7, 11) is 0. The van der Waals surface area contributed by atoms with Crippen molar-refractivity contribution in [1.29, 1.82) is 5.26 Å². The molecule has 32 heavy (non-hydrogen) atoms. The first-order valence-corrected chi connectivity index (χ1v) is 11.5. The van der Waals surface area contributed by atoms with Gasteiger partial charge in [-0.15, -0.1) is 0 Å². The summed E-state index contributed by atoms with van der Waals surface area (Å²) in [5, 5.41) is 12.1. The predicted molar refractivity (Wildman–Crippen MR) is 117 cm³/mol. The van der Waals surface area contributed by atoms with Crippen LogP contribution in [0.15, 0.2) is 30.3 Å². The number of nitrogens with one attached hydrogen (secondary N) is 1. The lowest BCUT2D eigenvalue weighted by molar-refractivity contribution is -0.138. The van der Waals surface area contributed by atoms with E-state index in [0.717, 1.165) is 31.2 Å². The highest BCUT2D eigenvalue weighted by atomic mass is 16.6. The average molecular weight is 444 g/mol. The quantitative estimate of drug-likeness (QED) is 0.630. The van der Waals surface area contributed by atoms with Gasteiger partial charge in [-0.1, -0.05) is 62.4 Å². The molecule has 1 aliphatic heterocycles. The van der Waals surface area contributed by atoms with Crippen LogP contribution >= 0.6 is 0 Å². The Kier molecular flexibility index (Phi) is 9.79. The highest BCUT2D eigenvalue weighted by Crippen LogP contribution is 2.28. The van der Waals surface area contributed by atoms with Gasteiger partial charge in [-0.05, 0) is 17.9 Å². The number of nitriles is 1. The number of morpholine rings is 1. The Morgan fingerprint density at radius 3 is 2.56 bits per heavy atom. The molecular formula is C24H33N3O5. The van der Waals surface area contributed by atoms with Crippen molar-refractivity contribution in [2.45, 2.75) is 57.3 Å². The molecule has 1 saturated heterocycles. The SMILES string of the molecule is N#CC(COC(=O)NC(CC1CCCCC1)C(=O)N1CCOCC1)OCc1ccccc1. The van der Waals surface area contributed by atoms with Crippen LogP contribution in [0.3, 0.4) is 0 Å². The first-order chi connectivity index (χ1) is 15.7. The van der Waals surface area contributed by atoms with Crippen molar-refractivity contribution in [3.8, 4) is 6.07 Å². The summed E-state index contributed by atoms with van der Waals surface area (Å²) in [6.07, 6.45) is 4.74. The fourth-order valence-corrected chi connectivity index (χ4v) is 4.21. The monoisotopic (exact) mass is 443 g/mol. The minimum atomic E-state index is -0.882. The Morgan fingerprint density at radius 2 is 1.88 bits per heavy atom. The molecule has 1 aromatic rings. The minimum absolute atomic E-state index is 0.0898. The van der Waals surface area contributed by atoms with Crippen molar-refractivity contribution in [1.82, 2.24) is 10.2 Å². The molecular weight excluding hydrogens is 410 g/mol. The number of alkyl carbamates (subject to hydrolysis) is 1. The number of benzene rings is 1. The smallest absolute Gasteiger partial charge is 0.407 e. The van der Waals surface area contributed by atoms with Crippen molar-refractivity contribution < 1.29 is 23.8 Å². The van der Waals surface area contributed by atoms with Crippen LogP contribution in [-0.2, 0) is 25.6 Å². The first kappa shape index (κ1) is 24.0. The molecule has 2 fully saturated rings. The van der Waals surface area contributed by atoms with E-state index in [1.54, 1.807) is 4.90 Å². The molecule has 0 radical (unpaired) electrons. The van der Waals surface area contributed by atoms with Gasteiger partial charge in [0.2, 0.25) is 5.91 Å². The molecule has 1 N–H and O–H groups in total. The molecule has 3 rings (SSSR count). The van der Waals surface area contributed by atoms with E-state index in [-0.39, 0.29) is 19.1 Å². The van der Waals surface area contributed by atoms with Crippen LogP contribution in [0.4, 0.5) is 4.79 Å². The van der Waals surface area contributed by atoms with Gasteiger partial charge < -0.3 is 24.4 Å². The van der Waals surface area contributed by atoms with Gasteiger partial charge in [0.25, 0.3) is 0 Å². The van der Waals surface area contributed by atoms with E-state index < -0.39 is 18.2 Å². The van der Waals surface area contributed by atoms with E-state index >= 15 is 0 Å². The third-order valence-corrected chi connectivity index (χ3v) is 6.01. The summed E-state index contributed by atoms with van der Waals surface area (Å²) < 4.78 is 16.1. The van der Waals surface area contributed by atoms with Gasteiger partial charge in [0, 0.05) is 13.1 Å². The molecule has 0 aromatic heterocycles. The van der Waals surface area contributed by atoms with E-state index in [1.807, 2.05) is 36.4 Å². The zero-order valence-electron chi connectivity index (χ0n) is 18.5. The molecule has 1 saturated carbocycles. The van der Waals surface area contributed by atoms with Crippen molar-refractivity contribution in [3.05, 3.63) is 35.9 Å². The number of carbonyl (C=O) groups is 2. The van der Waals surface area contributed by atoms with Crippen LogP contribution in [0.25, 0.3) is 0 Å². The normalized spacial score (nSPS) is 18.9. The standard InChI is InChI=1S/C24H33N3O5/c25-16-21(31-17-20-9-5-2-6-10-20)18-32-24(29)26-22(15-19-7-3-1-4-8-19)23(28)27-11-13-30-14-12-27/h2,5-6,9-10,19,21-22H,1,3-4,7-8,11-15,17-18H2,(H,26,29). The van der Waals surface area contributed by atoms with Crippen LogP contribution < -0.4 is 5.32 Å². The Hall–Kier alpha value is -2.63. The molecule has 1 aromatic carbocycles. The summed E-state index contributed by atoms with van der Waals surface area (Å²) >= 11 is 0. The van der Waals surface area contributed by atoms with E-state index in [9.17, 15) is 14.9 Å². The molecule has 2 aliphatic rings. The van der Waals surface area contributed by atoms with Gasteiger partial charge in [-0.25, -0.2) is 4.79 Å². The number of ether oxygens (including phenoxy) is 3. The zero-order chi connectivity index (χ0) is 22.6. The van der Waals surface area contributed by atoms with Crippen molar-refractivity contribution >= 4 is 12.0 Å². The fourth-order valence-electron chi connectivity index (χ4n) is 4.21. The second-order valence-corrected chi connectivity index (χ2v) is 8.39. The molecule has 1 aliphatic carbocycles. The van der Waals surface area contributed by atoms with Crippen molar-refractivity contribution in [2.24, 2.45) is 5.92 Å². The van der Waals surface area contributed by atoms with Crippen LogP contribution in [0.2, 0.25) is 0 Å². The average Bonchev–Trinajstić information content (AvgIpc) is 2.85. The van der Waals surface area contributed by atoms with Crippen molar-refractivity contribution in [2.75, 3.05) is 32.9 Å². The van der Waals surface area contributed by atoms with Gasteiger partial charge in [0.15, 0.2) is 6.10 Å². The highest BCUT2D eigenvalue weighted by Gasteiger charge is 2.30. The van der Waals surface area contributed by atoms with Crippen LogP contribution in [0.1, 0.15) is 44.1 Å². The summed E-state index contributed by atoms with van der Waals surface area (Å²) in [4.78, 5) is 27.3. The lowest BCUT2D eigenvalue weighted by Crippen LogP contribution is -2.52. The maximum Gasteiger partial charge on any atom is 0.407 e. The highest BCUT2D eigenvalue weighted by molar-refractivity contribution is 5.85. The lowest BCUT2D eigenvalue weighted by atomic mass is 9.84. The number of hydrogen-bond acceptors (Lipinski definition) is 6. The molecule has 8 heteroatoms. The molecule has 1 heterocycles. The second kappa shape index (κ2) is 13.0. The van der Waals surface area contributed by atoms with Crippen LogP contribution in [-0.4, -0.2) is 62.0 Å². The third-order valence-electron chi connectivity index (χ3n) is 6.01. The van der Waals surface area contributed by atoms with E-state index in [4.69, 9.17) is 14.2 Å². The zero-order valence-corrected chi connectivity index (χ0v) is 18.5. The Balaban J connectivity index is 1.50. The minimum Gasteiger partial charge on any atom is -0.446 e. The maximum atomic E-state index is 13.1. The van der Waals surface area contributed by atoms with Gasteiger partial charge >= 0.3 is 6.09 Å². The molecule has 0 spiro atoms. The molecule has 2 atom stereocenters. The molecule has 0 bridgehead atoms.